The highest BCUT2D eigenvalue weighted by Crippen LogP contribution is 2.14. The van der Waals surface area contributed by atoms with Crippen LogP contribution in [0.25, 0.3) is 0 Å². The lowest BCUT2D eigenvalue weighted by molar-refractivity contribution is 0.224. The molecule has 0 aromatic rings. The van der Waals surface area contributed by atoms with Crippen molar-refractivity contribution in [1.29, 1.82) is 0 Å². The second-order valence-electron chi connectivity index (χ2n) is 8.56. The molecule has 1 heterocycles. The Morgan fingerprint density at radius 3 is 1.91 bits per heavy atom. The summed E-state index contributed by atoms with van der Waals surface area (Å²) in [4.78, 5) is 2.67. The molecule has 0 aromatic heterocycles. The Kier molecular flexibility index (Phi) is 12.1. The fourth-order valence-electron chi connectivity index (χ4n) is 3.54. The zero-order valence-electron chi connectivity index (χ0n) is 16.6. The van der Waals surface area contributed by atoms with Crippen molar-refractivity contribution in [3.05, 3.63) is 0 Å². The Morgan fingerprint density at radius 2 is 1.35 bits per heavy atom. The highest BCUT2D eigenvalue weighted by Gasteiger charge is 2.11. The number of likely N-dealkylation sites (tertiary alicyclic amines) is 1. The summed E-state index contributed by atoms with van der Waals surface area (Å²) >= 11 is 0. The quantitative estimate of drug-likeness (QED) is 0.452. The van der Waals surface area contributed by atoms with Crippen LogP contribution in [0.15, 0.2) is 0 Å². The lowest BCUT2D eigenvalue weighted by atomic mass is 9.96. The molecule has 23 heavy (non-hydrogen) atoms. The molecule has 2 heteroatoms. The molecule has 138 valence electrons. The molecule has 0 aliphatic carbocycles. The SMILES string of the molecule is CC(C)CCC(CCC(C)C)NCCCCCN1CCCCC1. The van der Waals surface area contributed by atoms with Gasteiger partial charge in [-0.15, -0.1) is 0 Å². The van der Waals surface area contributed by atoms with Crippen molar-refractivity contribution in [2.45, 2.75) is 97.9 Å². The molecule has 1 N–H and O–H groups in total. The van der Waals surface area contributed by atoms with Gasteiger partial charge in [0.1, 0.15) is 0 Å². The summed E-state index contributed by atoms with van der Waals surface area (Å²) in [6, 6.07) is 0.752. The smallest absolute Gasteiger partial charge is 0.00672 e. The van der Waals surface area contributed by atoms with Gasteiger partial charge < -0.3 is 10.2 Å². The van der Waals surface area contributed by atoms with Crippen molar-refractivity contribution in [1.82, 2.24) is 10.2 Å². The molecule has 1 fully saturated rings. The zero-order valence-corrected chi connectivity index (χ0v) is 16.6. The average Bonchev–Trinajstić information content (AvgIpc) is 2.53. The highest BCUT2D eigenvalue weighted by molar-refractivity contribution is 4.69. The van der Waals surface area contributed by atoms with Gasteiger partial charge >= 0.3 is 0 Å². The van der Waals surface area contributed by atoms with Crippen molar-refractivity contribution in [3.63, 3.8) is 0 Å². The number of nitrogens with one attached hydrogen (secondary N) is 1. The maximum absolute atomic E-state index is 3.86. The molecule has 0 spiro atoms. The van der Waals surface area contributed by atoms with Crippen molar-refractivity contribution < 1.29 is 0 Å². The predicted octanol–water partition coefficient (Wildman–Crippen LogP) is 5.47. The Balaban J connectivity index is 2.05. The van der Waals surface area contributed by atoms with Gasteiger partial charge in [0, 0.05) is 6.04 Å². The largest absolute Gasteiger partial charge is 0.314 e. The molecular formula is C21H44N2. The second-order valence-corrected chi connectivity index (χ2v) is 8.56. The van der Waals surface area contributed by atoms with Gasteiger partial charge in [-0.3, -0.25) is 0 Å². The first-order valence-corrected chi connectivity index (χ1v) is 10.5. The molecule has 0 atom stereocenters. The third-order valence-corrected chi connectivity index (χ3v) is 5.22. The van der Waals surface area contributed by atoms with Crippen LogP contribution in [0.2, 0.25) is 0 Å². The Morgan fingerprint density at radius 1 is 0.739 bits per heavy atom. The fraction of sp³-hybridized carbons (Fsp3) is 1.00. The molecule has 0 saturated carbocycles. The van der Waals surface area contributed by atoms with Crippen LogP contribution in [0.5, 0.6) is 0 Å². The van der Waals surface area contributed by atoms with Gasteiger partial charge in [0.15, 0.2) is 0 Å². The number of rotatable bonds is 13. The molecule has 0 radical (unpaired) electrons. The van der Waals surface area contributed by atoms with Gasteiger partial charge in [-0.25, -0.2) is 0 Å². The molecule has 0 unspecified atom stereocenters. The monoisotopic (exact) mass is 324 g/mol. The minimum atomic E-state index is 0.752. The second kappa shape index (κ2) is 13.2. The van der Waals surface area contributed by atoms with E-state index in [-0.39, 0.29) is 0 Å². The summed E-state index contributed by atoms with van der Waals surface area (Å²) < 4.78 is 0. The van der Waals surface area contributed by atoms with E-state index in [0.29, 0.717) is 0 Å². The van der Waals surface area contributed by atoms with Gasteiger partial charge in [0.25, 0.3) is 0 Å². The number of hydrogen-bond donors (Lipinski definition) is 1. The normalized spacial score (nSPS) is 16.8. The summed E-state index contributed by atoms with van der Waals surface area (Å²) in [5.74, 6) is 1.67. The minimum absolute atomic E-state index is 0.752. The minimum Gasteiger partial charge on any atom is -0.314 e. The third kappa shape index (κ3) is 12.0. The van der Waals surface area contributed by atoms with E-state index in [4.69, 9.17) is 0 Å². The van der Waals surface area contributed by atoms with E-state index in [1.807, 2.05) is 0 Å². The highest BCUT2D eigenvalue weighted by atomic mass is 15.1. The number of hydrogen-bond acceptors (Lipinski definition) is 2. The summed E-state index contributed by atoms with van der Waals surface area (Å²) in [6.07, 6.45) is 13.9. The predicted molar refractivity (Wildman–Crippen MR) is 104 cm³/mol. The Bertz CT molecular complexity index is 245. The number of piperidine rings is 1. The van der Waals surface area contributed by atoms with Crippen molar-refractivity contribution in [3.8, 4) is 0 Å². The Hall–Kier alpha value is -0.0800. The van der Waals surface area contributed by atoms with Gasteiger partial charge in [-0.1, -0.05) is 40.5 Å². The van der Waals surface area contributed by atoms with Crippen molar-refractivity contribution >= 4 is 0 Å². The van der Waals surface area contributed by atoms with E-state index in [2.05, 4.69) is 37.9 Å². The summed E-state index contributed by atoms with van der Waals surface area (Å²) in [7, 11) is 0. The first-order chi connectivity index (χ1) is 11.1. The number of nitrogens with zero attached hydrogens (tertiary/aromatic N) is 1. The van der Waals surface area contributed by atoms with Crippen LogP contribution in [0.3, 0.4) is 0 Å². The van der Waals surface area contributed by atoms with Crippen LogP contribution in [-0.2, 0) is 0 Å². The summed E-state index contributed by atoms with van der Waals surface area (Å²) in [6.45, 7) is 14.7. The molecule has 1 rings (SSSR count). The first kappa shape index (κ1) is 21.0. The maximum Gasteiger partial charge on any atom is 0.00672 e. The van der Waals surface area contributed by atoms with Gasteiger partial charge in [0.05, 0.1) is 0 Å². The molecule has 0 bridgehead atoms. The van der Waals surface area contributed by atoms with E-state index in [1.54, 1.807) is 0 Å². The average molecular weight is 325 g/mol. The van der Waals surface area contributed by atoms with E-state index in [0.717, 1.165) is 17.9 Å². The molecule has 1 aliphatic rings. The third-order valence-electron chi connectivity index (χ3n) is 5.22. The zero-order chi connectivity index (χ0) is 16.9. The molecule has 0 amide bonds. The van der Waals surface area contributed by atoms with Crippen LogP contribution in [0.1, 0.15) is 91.9 Å². The summed E-state index contributed by atoms with van der Waals surface area (Å²) in [5, 5.41) is 3.86. The van der Waals surface area contributed by atoms with Crippen LogP contribution in [0.4, 0.5) is 0 Å². The van der Waals surface area contributed by atoms with Crippen molar-refractivity contribution in [2.24, 2.45) is 11.8 Å². The molecule has 0 aromatic carbocycles. The number of unbranched alkanes of at least 4 members (excludes halogenated alkanes) is 2. The van der Waals surface area contributed by atoms with Crippen LogP contribution >= 0.6 is 0 Å². The maximum atomic E-state index is 3.86. The van der Waals surface area contributed by atoms with E-state index in [9.17, 15) is 0 Å². The van der Waals surface area contributed by atoms with Crippen LogP contribution in [0, 0.1) is 11.8 Å². The van der Waals surface area contributed by atoms with Crippen LogP contribution < -0.4 is 5.32 Å². The van der Waals surface area contributed by atoms with E-state index < -0.39 is 0 Å². The first-order valence-electron chi connectivity index (χ1n) is 10.5. The topological polar surface area (TPSA) is 15.3 Å². The molecular weight excluding hydrogens is 280 g/mol. The summed E-state index contributed by atoms with van der Waals surface area (Å²) in [5.41, 5.74) is 0. The van der Waals surface area contributed by atoms with Crippen molar-refractivity contribution in [2.75, 3.05) is 26.2 Å². The van der Waals surface area contributed by atoms with Gasteiger partial charge in [-0.05, 0) is 89.4 Å². The van der Waals surface area contributed by atoms with Gasteiger partial charge in [-0.2, -0.15) is 0 Å². The standard InChI is InChI=1S/C21H44N2/c1-19(2)11-13-21(14-12-20(3)4)22-15-7-5-8-16-23-17-9-6-10-18-23/h19-22H,5-18H2,1-4H3. The van der Waals surface area contributed by atoms with Crippen LogP contribution in [-0.4, -0.2) is 37.1 Å². The fourth-order valence-corrected chi connectivity index (χ4v) is 3.54. The lowest BCUT2D eigenvalue weighted by Crippen LogP contribution is -2.31. The molecule has 1 aliphatic heterocycles. The molecule has 1 saturated heterocycles. The van der Waals surface area contributed by atoms with Gasteiger partial charge in [0.2, 0.25) is 0 Å². The Labute approximate surface area is 146 Å². The molecule has 2 nitrogen and oxygen atoms in total. The van der Waals surface area contributed by atoms with E-state index in [1.165, 1.54) is 90.4 Å². The lowest BCUT2D eigenvalue weighted by Gasteiger charge is -2.26. The van der Waals surface area contributed by atoms with E-state index >= 15 is 0 Å².